The fourth-order valence-corrected chi connectivity index (χ4v) is 1.72. The Labute approximate surface area is 86.0 Å². The van der Waals surface area contributed by atoms with Crippen LogP contribution in [0.25, 0.3) is 10.9 Å². The average molecular weight is 209 g/mol. The molecule has 0 saturated carbocycles. The number of hydrogen-bond acceptors (Lipinski definition) is 2. The molecule has 0 spiro atoms. The second kappa shape index (κ2) is 3.35. The van der Waals surface area contributed by atoms with Gasteiger partial charge in [-0.2, -0.15) is 0 Å². The van der Waals surface area contributed by atoms with E-state index < -0.39 is 0 Å². The average Bonchev–Trinajstić information content (AvgIpc) is 2.45. The van der Waals surface area contributed by atoms with Crippen molar-refractivity contribution in [3.05, 3.63) is 34.5 Å². The van der Waals surface area contributed by atoms with E-state index in [1.54, 1.807) is 0 Å². The fraction of sp³-hybridized carbons (Fsp3) is 0.100. The minimum absolute atomic E-state index is 0.670. The molecule has 14 heavy (non-hydrogen) atoms. The molecule has 0 unspecified atom stereocenters. The lowest BCUT2D eigenvalue weighted by Crippen LogP contribution is -1.81. The Morgan fingerprint density at radius 3 is 3.00 bits per heavy atom. The maximum atomic E-state index is 8.51. The van der Waals surface area contributed by atoms with Crippen LogP contribution in [-0.2, 0) is 0 Å². The lowest BCUT2D eigenvalue weighted by atomic mass is 10.1. The van der Waals surface area contributed by atoms with Gasteiger partial charge < -0.3 is 10.2 Å². The molecule has 0 saturated heterocycles. The second-order valence-electron chi connectivity index (χ2n) is 3.10. The summed E-state index contributed by atoms with van der Waals surface area (Å²) in [6.45, 7) is 1.92. The SMILES string of the molecule is Cc1[nH]c2ccc(Cl)cc2c1C=NO. The van der Waals surface area contributed by atoms with Crippen LogP contribution in [0.2, 0.25) is 5.02 Å². The largest absolute Gasteiger partial charge is 0.411 e. The Morgan fingerprint density at radius 1 is 1.50 bits per heavy atom. The molecular formula is C10H9ClN2O. The number of aromatic nitrogens is 1. The fourth-order valence-electron chi connectivity index (χ4n) is 1.54. The molecule has 0 radical (unpaired) electrons. The number of oxime groups is 1. The minimum Gasteiger partial charge on any atom is -0.411 e. The zero-order valence-corrected chi connectivity index (χ0v) is 8.34. The third kappa shape index (κ3) is 1.36. The molecule has 0 aliphatic heterocycles. The summed E-state index contributed by atoms with van der Waals surface area (Å²) in [5.41, 5.74) is 2.81. The number of benzene rings is 1. The summed E-state index contributed by atoms with van der Waals surface area (Å²) >= 11 is 5.88. The number of aromatic amines is 1. The Hall–Kier alpha value is -1.48. The predicted molar refractivity (Wildman–Crippen MR) is 57.4 cm³/mol. The second-order valence-corrected chi connectivity index (χ2v) is 3.53. The molecular weight excluding hydrogens is 200 g/mol. The van der Waals surface area contributed by atoms with Crippen LogP contribution in [0.3, 0.4) is 0 Å². The van der Waals surface area contributed by atoms with Gasteiger partial charge in [-0.15, -0.1) is 0 Å². The summed E-state index contributed by atoms with van der Waals surface area (Å²) in [6.07, 6.45) is 1.41. The van der Waals surface area contributed by atoms with E-state index in [-0.39, 0.29) is 0 Å². The zero-order chi connectivity index (χ0) is 10.1. The standard InChI is InChI=1S/C10H9ClN2O/c1-6-9(5-12-14)8-4-7(11)2-3-10(8)13-6/h2-5,13-14H,1H3. The zero-order valence-electron chi connectivity index (χ0n) is 7.58. The normalized spacial score (nSPS) is 11.6. The Bertz CT molecular complexity index is 502. The van der Waals surface area contributed by atoms with Crippen molar-refractivity contribution in [2.45, 2.75) is 6.92 Å². The Morgan fingerprint density at radius 2 is 2.29 bits per heavy atom. The van der Waals surface area contributed by atoms with Gasteiger partial charge in [0.15, 0.2) is 0 Å². The topological polar surface area (TPSA) is 48.4 Å². The van der Waals surface area contributed by atoms with Crippen LogP contribution in [0.15, 0.2) is 23.4 Å². The number of halogens is 1. The lowest BCUT2D eigenvalue weighted by molar-refractivity contribution is 0.322. The van der Waals surface area contributed by atoms with E-state index in [0.29, 0.717) is 5.02 Å². The summed E-state index contributed by atoms with van der Waals surface area (Å²) in [5, 5.41) is 13.2. The van der Waals surface area contributed by atoms with Crippen molar-refractivity contribution < 1.29 is 5.21 Å². The summed E-state index contributed by atoms with van der Waals surface area (Å²) in [5.74, 6) is 0. The molecule has 0 atom stereocenters. The van der Waals surface area contributed by atoms with Crippen molar-refractivity contribution in [2.24, 2.45) is 5.16 Å². The van der Waals surface area contributed by atoms with Gasteiger partial charge in [-0.3, -0.25) is 0 Å². The first kappa shape index (κ1) is 9.09. The predicted octanol–water partition coefficient (Wildman–Crippen LogP) is 2.94. The first-order valence-electron chi connectivity index (χ1n) is 4.17. The number of hydrogen-bond donors (Lipinski definition) is 2. The molecule has 1 heterocycles. The minimum atomic E-state index is 0.670. The van der Waals surface area contributed by atoms with E-state index in [2.05, 4.69) is 10.1 Å². The first-order chi connectivity index (χ1) is 6.72. The highest BCUT2D eigenvalue weighted by atomic mass is 35.5. The molecule has 4 heteroatoms. The summed E-state index contributed by atoms with van der Waals surface area (Å²) in [6, 6.07) is 5.57. The van der Waals surface area contributed by atoms with Crippen molar-refractivity contribution in [1.82, 2.24) is 4.98 Å². The summed E-state index contributed by atoms with van der Waals surface area (Å²) in [7, 11) is 0. The molecule has 2 N–H and O–H groups in total. The van der Waals surface area contributed by atoms with Crippen LogP contribution in [0.4, 0.5) is 0 Å². The lowest BCUT2D eigenvalue weighted by Gasteiger charge is -1.92. The highest BCUT2D eigenvalue weighted by molar-refractivity contribution is 6.31. The highest BCUT2D eigenvalue weighted by Crippen LogP contribution is 2.23. The molecule has 3 nitrogen and oxygen atoms in total. The maximum absolute atomic E-state index is 8.51. The summed E-state index contributed by atoms with van der Waals surface area (Å²) < 4.78 is 0. The van der Waals surface area contributed by atoms with Crippen LogP contribution in [-0.4, -0.2) is 16.4 Å². The van der Waals surface area contributed by atoms with Crippen LogP contribution in [0.5, 0.6) is 0 Å². The van der Waals surface area contributed by atoms with Gasteiger partial charge in [-0.1, -0.05) is 16.8 Å². The van der Waals surface area contributed by atoms with Gasteiger partial charge >= 0.3 is 0 Å². The molecule has 0 aliphatic rings. The first-order valence-corrected chi connectivity index (χ1v) is 4.55. The van der Waals surface area contributed by atoms with Crippen LogP contribution < -0.4 is 0 Å². The molecule has 2 aromatic rings. The Balaban J connectivity index is 2.79. The molecule has 2 rings (SSSR count). The molecule has 72 valence electrons. The van der Waals surface area contributed by atoms with E-state index in [4.69, 9.17) is 16.8 Å². The van der Waals surface area contributed by atoms with E-state index in [9.17, 15) is 0 Å². The molecule has 0 bridgehead atoms. The highest BCUT2D eigenvalue weighted by Gasteiger charge is 2.06. The van der Waals surface area contributed by atoms with Gasteiger partial charge in [0.1, 0.15) is 0 Å². The van der Waals surface area contributed by atoms with Gasteiger partial charge in [0, 0.05) is 27.2 Å². The van der Waals surface area contributed by atoms with Crippen molar-refractivity contribution in [2.75, 3.05) is 0 Å². The van der Waals surface area contributed by atoms with Crippen molar-refractivity contribution >= 4 is 28.7 Å². The van der Waals surface area contributed by atoms with Crippen molar-refractivity contribution in [3.8, 4) is 0 Å². The molecule has 0 fully saturated rings. The quantitative estimate of drug-likeness (QED) is 0.423. The van der Waals surface area contributed by atoms with Crippen LogP contribution >= 0.6 is 11.6 Å². The molecule has 1 aromatic heterocycles. The van der Waals surface area contributed by atoms with Crippen LogP contribution in [0.1, 0.15) is 11.3 Å². The molecule has 1 aromatic carbocycles. The summed E-state index contributed by atoms with van der Waals surface area (Å²) in [4.78, 5) is 3.18. The van der Waals surface area contributed by atoms with Gasteiger partial charge in [0.25, 0.3) is 0 Å². The number of rotatable bonds is 1. The van der Waals surface area contributed by atoms with E-state index in [1.807, 2.05) is 25.1 Å². The monoisotopic (exact) mass is 208 g/mol. The third-order valence-electron chi connectivity index (χ3n) is 2.18. The number of fused-ring (bicyclic) bond motifs is 1. The van der Waals surface area contributed by atoms with E-state index in [1.165, 1.54) is 6.21 Å². The Kier molecular flexibility index (Phi) is 2.17. The number of nitrogens with one attached hydrogen (secondary N) is 1. The van der Waals surface area contributed by atoms with Gasteiger partial charge in [0.05, 0.1) is 6.21 Å². The third-order valence-corrected chi connectivity index (χ3v) is 2.42. The smallest absolute Gasteiger partial charge is 0.0758 e. The molecule has 0 aliphatic carbocycles. The van der Waals surface area contributed by atoms with E-state index >= 15 is 0 Å². The maximum Gasteiger partial charge on any atom is 0.0758 e. The van der Waals surface area contributed by atoms with Gasteiger partial charge in [-0.05, 0) is 25.1 Å². The number of nitrogens with zero attached hydrogens (tertiary/aromatic N) is 1. The van der Waals surface area contributed by atoms with Crippen LogP contribution in [0, 0.1) is 6.92 Å². The number of aryl methyl sites for hydroxylation is 1. The van der Waals surface area contributed by atoms with E-state index in [0.717, 1.165) is 22.2 Å². The van der Waals surface area contributed by atoms with Crippen molar-refractivity contribution in [1.29, 1.82) is 0 Å². The van der Waals surface area contributed by atoms with Gasteiger partial charge in [0.2, 0.25) is 0 Å². The van der Waals surface area contributed by atoms with Gasteiger partial charge in [-0.25, -0.2) is 0 Å². The van der Waals surface area contributed by atoms with Crippen molar-refractivity contribution in [3.63, 3.8) is 0 Å². The molecule has 0 amide bonds. The number of H-pyrrole nitrogens is 1.